The molecule has 1 aromatic rings. The van der Waals surface area contributed by atoms with Crippen LogP contribution in [-0.2, 0) is 9.47 Å². The number of hydrogen-bond acceptors (Lipinski definition) is 5. The maximum Gasteiger partial charge on any atom is 0.272 e. The fourth-order valence-electron chi connectivity index (χ4n) is 2.93. The second kappa shape index (κ2) is 5.03. The summed E-state index contributed by atoms with van der Waals surface area (Å²) in [5, 5.41) is 10.8. The van der Waals surface area contributed by atoms with E-state index in [1.807, 2.05) is 12.1 Å². The second-order valence-corrected chi connectivity index (χ2v) is 5.32. The van der Waals surface area contributed by atoms with E-state index in [1.54, 1.807) is 13.0 Å². The third-order valence-electron chi connectivity index (χ3n) is 4.08. The van der Waals surface area contributed by atoms with Gasteiger partial charge >= 0.3 is 0 Å². The van der Waals surface area contributed by atoms with E-state index in [1.165, 1.54) is 0 Å². The zero-order chi connectivity index (χ0) is 14.2. The third kappa shape index (κ3) is 2.36. The molecule has 0 bridgehead atoms. The first-order chi connectivity index (χ1) is 9.60. The van der Waals surface area contributed by atoms with E-state index >= 15 is 0 Å². The SMILES string of the molecule is Cc1cc(N2CCC3(CC2)OCCO3)ccc1[N+](=O)[O-]. The molecule has 3 rings (SSSR count). The molecule has 0 aromatic heterocycles. The van der Waals surface area contributed by atoms with Gasteiger partial charge in [-0.2, -0.15) is 0 Å². The minimum atomic E-state index is -0.383. The highest BCUT2D eigenvalue weighted by Crippen LogP contribution is 2.34. The van der Waals surface area contributed by atoms with Crippen molar-refractivity contribution in [1.82, 2.24) is 0 Å². The Kier molecular flexibility index (Phi) is 3.35. The summed E-state index contributed by atoms with van der Waals surface area (Å²) in [6, 6.07) is 5.28. The van der Waals surface area contributed by atoms with Crippen molar-refractivity contribution in [1.29, 1.82) is 0 Å². The quantitative estimate of drug-likeness (QED) is 0.613. The number of benzene rings is 1. The summed E-state index contributed by atoms with van der Waals surface area (Å²) in [5.41, 5.74) is 1.90. The minimum Gasteiger partial charge on any atom is -0.371 e. The molecular weight excluding hydrogens is 260 g/mol. The van der Waals surface area contributed by atoms with Crippen molar-refractivity contribution in [3.63, 3.8) is 0 Å². The van der Waals surface area contributed by atoms with Crippen LogP contribution < -0.4 is 4.90 Å². The number of hydrogen-bond donors (Lipinski definition) is 0. The zero-order valence-corrected chi connectivity index (χ0v) is 11.5. The predicted molar refractivity (Wildman–Crippen MR) is 73.9 cm³/mol. The summed E-state index contributed by atoms with van der Waals surface area (Å²) in [7, 11) is 0. The summed E-state index contributed by atoms with van der Waals surface area (Å²) in [5.74, 6) is -0.383. The first kappa shape index (κ1) is 13.3. The molecule has 2 heterocycles. The molecule has 0 atom stereocenters. The second-order valence-electron chi connectivity index (χ2n) is 5.32. The van der Waals surface area contributed by atoms with Crippen molar-refractivity contribution in [3.05, 3.63) is 33.9 Å². The summed E-state index contributed by atoms with van der Waals surface area (Å²) in [4.78, 5) is 12.7. The predicted octanol–water partition coefficient (Wildman–Crippen LogP) is 2.25. The minimum absolute atomic E-state index is 0.171. The van der Waals surface area contributed by atoms with E-state index in [2.05, 4.69) is 4.90 Å². The first-order valence-electron chi connectivity index (χ1n) is 6.88. The molecule has 0 saturated carbocycles. The lowest BCUT2D eigenvalue weighted by atomic mass is 10.0. The molecule has 108 valence electrons. The van der Waals surface area contributed by atoms with Crippen LogP contribution in [-0.4, -0.2) is 37.0 Å². The van der Waals surface area contributed by atoms with Crippen molar-refractivity contribution < 1.29 is 14.4 Å². The van der Waals surface area contributed by atoms with Gasteiger partial charge in [0.1, 0.15) is 0 Å². The summed E-state index contributed by atoms with van der Waals surface area (Å²) >= 11 is 0. The van der Waals surface area contributed by atoms with Gasteiger partial charge in [0, 0.05) is 43.2 Å². The molecule has 2 aliphatic rings. The van der Waals surface area contributed by atoms with E-state index in [0.717, 1.165) is 31.6 Å². The highest BCUT2D eigenvalue weighted by atomic mass is 16.7. The Morgan fingerprint density at radius 2 is 1.90 bits per heavy atom. The van der Waals surface area contributed by atoms with Crippen LogP contribution in [0.1, 0.15) is 18.4 Å². The lowest BCUT2D eigenvalue weighted by Crippen LogP contribution is -2.45. The Labute approximate surface area is 117 Å². The average molecular weight is 278 g/mol. The largest absolute Gasteiger partial charge is 0.371 e. The zero-order valence-electron chi connectivity index (χ0n) is 11.5. The molecule has 0 unspecified atom stereocenters. The number of nitro benzene ring substituents is 1. The molecule has 1 spiro atoms. The molecule has 6 nitrogen and oxygen atoms in total. The van der Waals surface area contributed by atoms with Crippen LogP contribution in [0.4, 0.5) is 11.4 Å². The Hall–Kier alpha value is -1.66. The Bertz CT molecular complexity index is 516. The van der Waals surface area contributed by atoms with Gasteiger partial charge in [-0.15, -0.1) is 0 Å². The van der Waals surface area contributed by atoms with Gasteiger partial charge in [0.15, 0.2) is 5.79 Å². The summed E-state index contributed by atoms with van der Waals surface area (Å²) in [6.07, 6.45) is 1.67. The van der Waals surface area contributed by atoms with E-state index in [9.17, 15) is 10.1 Å². The highest BCUT2D eigenvalue weighted by molar-refractivity contribution is 5.55. The van der Waals surface area contributed by atoms with Gasteiger partial charge in [0.2, 0.25) is 0 Å². The fourth-order valence-corrected chi connectivity index (χ4v) is 2.93. The van der Waals surface area contributed by atoms with Crippen LogP contribution in [0.25, 0.3) is 0 Å². The summed E-state index contributed by atoms with van der Waals surface area (Å²) in [6.45, 7) is 4.82. The van der Waals surface area contributed by atoms with Gasteiger partial charge in [0.25, 0.3) is 5.69 Å². The van der Waals surface area contributed by atoms with Crippen LogP contribution in [0.2, 0.25) is 0 Å². The number of aryl methyl sites for hydroxylation is 1. The number of nitrogens with zero attached hydrogens (tertiary/aromatic N) is 2. The van der Waals surface area contributed by atoms with Crippen LogP contribution in [0, 0.1) is 17.0 Å². The van der Waals surface area contributed by atoms with Gasteiger partial charge < -0.3 is 14.4 Å². The molecule has 6 heteroatoms. The van der Waals surface area contributed by atoms with E-state index in [4.69, 9.17) is 9.47 Å². The Morgan fingerprint density at radius 3 is 2.45 bits per heavy atom. The standard InChI is InChI=1S/C14H18N2O4/c1-11-10-12(2-3-13(11)16(17)18)15-6-4-14(5-7-15)19-8-9-20-14/h2-3,10H,4-9H2,1H3. The summed E-state index contributed by atoms with van der Waals surface area (Å²) < 4.78 is 11.4. The molecule has 1 aromatic carbocycles. The lowest BCUT2D eigenvalue weighted by Gasteiger charge is -2.38. The monoisotopic (exact) mass is 278 g/mol. The van der Waals surface area contributed by atoms with Gasteiger partial charge in [-0.1, -0.05) is 0 Å². The number of ether oxygens (including phenoxy) is 2. The molecule has 20 heavy (non-hydrogen) atoms. The van der Waals surface area contributed by atoms with Gasteiger partial charge in [-0.3, -0.25) is 10.1 Å². The maximum atomic E-state index is 10.8. The lowest BCUT2D eigenvalue weighted by molar-refractivity contribution is -0.385. The molecule has 0 N–H and O–H groups in total. The van der Waals surface area contributed by atoms with E-state index in [-0.39, 0.29) is 16.4 Å². The van der Waals surface area contributed by atoms with E-state index < -0.39 is 0 Å². The highest BCUT2D eigenvalue weighted by Gasteiger charge is 2.39. The van der Waals surface area contributed by atoms with Crippen LogP contribution >= 0.6 is 0 Å². The Balaban J connectivity index is 1.72. The molecular formula is C14H18N2O4. The molecule has 0 amide bonds. The van der Waals surface area contributed by atoms with Crippen molar-refractivity contribution in [2.75, 3.05) is 31.2 Å². The van der Waals surface area contributed by atoms with Crippen molar-refractivity contribution >= 4 is 11.4 Å². The smallest absolute Gasteiger partial charge is 0.272 e. The molecule has 0 aliphatic carbocycles. The van der Waals surface area contributed by atoms with Gasteiger partial charge in [-0.05, 0) is 19.1 Å². The average Bonchev–Trinajstić information content (AvgIpc) is 2.87. The topological polar surface area (TPSA) is 64.8 Å². The number of rotatable bonds is 2. The fraction of sp³-hybridized carbons (Fsp3) is 0.571. The first-order valence-corrected chi connectivity index (χ1v) is 6.88. The van der Waals surface area contributed by atoms with Crippen LogP contribution in [0.15, 0.2) is 18.2 Å². The van der Waals surface area contributed by atoms with Gasteiger partial charge in [-0.25, -0.2) is 0 Å². The number of anilines is 1. The van der Waals surface area contributed by atoms with Crippen LogP contribution in [0.5, 0.6) is 0 Å². The molecule has 2 aliphatic heterocycles. The normalized spacial score (nSPS) is 21.4. The maximum absolute atomic E-state index is 10.8. The van der Waals surface area contributed by atoms with Crippen molar-refractivity contribution in [3.8, 4) is 0 Å². The van der Waals surface area contributed by atoms with Crippen molar-refractivity contribution in [2.24, 2.45) is 0 Å². The van der Waals surface area contributed by atoms with Crippen molar-refractivity contribution in [2.45, 2.75) is 25.6 Å². The molecule has 2 fully saturated rings. The number of nitro groups is 1. The number of piperidine rings is 1. The molecule has 2 saturated heterocycles. The molecule has 0 radical (unpaired) electrons. The Morgan fingerprint density at radius 1 is 1.25 bits per heavy atom. The van der Waals surface area contributed by atoms with Crippen LogP contribution in [0.3, 0.4) is 0 Å². The van der Waals surface area contributed by atoms with E-state index in [0.29, 0.717) is 18.8 Å². The third-order valence-corrected chi connectivity index (χ3v) is 4.08. The van der Waals surface area contributed by atoms with Gasteiger partial charge in [0.05, 0.1) is 18.1 Å².